The molecule has 322 valence electrons. The lowest BCUT2D eigenvalue weighted by Crippen LogP contribution is -2.09. The summed E-state index contributed by atoms with van der Waals surface area (Å²) in [6, 6.07) is 90.5. The zero-order valence-corrected chi connectivity index (χ0v) is 38.3. The average Bonchev–Trinajstić information content (AvgIpc) is 4.01. The minimum Gasteiger partial charge on any atom is -0.455 e. The molecule has 3 heteroatoms. The molecule has 0 aliphatic rings. The molecule has 0 aliphatic heterocycles. The molecular weight excluding hydrogens is 855 g/mol. The van der Waals surface area contributed by atoms with E-state index in [1.165, 1.54) is 80.1 Å². The van der Waals surface area contributed by atoms with E-state index < -0.39 is 0 Å². The van der Waals surface area contributed by atoms with Gasteiger partial charge in [0.25, 0.3) is 0 Å². The van der Waals surface area contributed by atoms with E-state index in [4.69, 9.17) is 4.42 Å². The van der Waals surface area contributed by atoms with Crippen molar-refractivity contribution in [3.8, 4) is 44.5 Å². The first kappa shape index (κ1) is 39.4. The van der Waals surface area contributed by atoms with Crippen molar-refractivity contribution in [2.75, 3.05) is 4.90 Å². The van der Waals surface area contributed by atoms with Gasteiger partial charge < -0.3 is 9.32 Å². The third-order valence-electron chi connectivity index (χ3n) is 14.1. The largest absolute Gasteiger partial charge is 0.455 e. The van der Waals surface area contributed by atoms with Crippen LogP contribution in [0.4, 0.5) is 17.1 Å². The standard InChI is InChI=1S/C66H41NOS/c1-4-14-53-44(10-1)13-7-17-54(53)47-28-36-51(37-29-47)67(52-38-30-49(31-39-52)58-19-9-20-59-60-40-32-46-12-3-6-16-57(46)66(60)69-65(58)59)50-34-26-43(27-35-50)42-22-24-48(25-23-42)56-18-8-21-61-63-55-15-5-2-11-45(55)33-41-62(63)68-64(56)61/h1-41H. The number of para-hydroxylation sites is 1. The Kier molecular flexibility index (Phi) is 9.11. The summed E-state index contributed by atoms with van der Waals surface area (Å²) in [6.45, 7) is 0. The lowest BCUT2D eigenvalue weighted by molar-refractivity contribution is 0.670. The molecule has 0 amide bonds. The highest BCUT2D eigenvalue weighted by Crippen LogP contribution is 2.45. The van der Waals surface area contributed by atoms with E-state index in [1.54, 1.807) is 0 Å². The maximum absolute atomic E-state index is 6.58. The molecule has 0 spiro atoms. The zero-order chi connectivity index (χ0) is 45.4. The van der Waals surface area contributed by atoms with Crippen LogP contribution in [0.5, 0.6) is 0 Å². The molecule has 2 aromatic heterocycles. The zero-order valence-electron chi connectivity index (χ0n) is 37.4. The molecule has 0 N–H and O–H groups in total. The molecule has 14 aromatic rings. The van der Waals surface area contributed by atoms with Crippen molar-refractivity contribution in [3.05, 3.63) is 249 Å². The number of hydrogen-bond acceptors (Lipinski definition) is 3. The second-order valence-corrected chi connectivity index (χ2v) is 19.0. The van der Waals surface area contributed by atoms with Gasteiger partial charge in [-0.2, -0.15) is 0 Å². The lowest BCUT2D eigenvalue weighted by Gasteiger charge is -2.26. The van der Waals surface area contributed by atoms with Crippen molar-refractivity contribution in [2.45, 2.75) is 0 Å². The van der Waals surface area contributed by atoms with Gasteiger partial charge in [-0.15, -0.1) is 11.3 Å². The fourth-order valence-electron chi connectivity index (χ4n) is 10.7. The molecule has 0 saturated heterocycles. The van der Waals surface area contributed by atoms with Crippen LogP contribution in [-0.4, -0.2) is 0 Å². The quantitative estimate of drug-likeness (QED) is 0.158. The number of thiophene rings is 1. The predicted octanol–water partition coefficient (Wildman–Crippen LogP) is 19.6. The minimum absolute atomic E-state index is 0.914. The number of nitrogens with zero attached hydrogens (tertiary/aromatic N) is 1. The number of anilines is 3. The third kappa shape index (κ3) is 6.54. The Balaban J connectivity index is 0.820. The summed E-state index contributed by atoms with van der Waals surface area (Å²) in [6.07, 6.45) is 0. The van der Waals surface area contributed by atoms with Crippen molar-refractivity contribution >= 4 is 103 Å². The van der Waals surface area contributed by atoms with Crippen molar-refractivity contribution in [3.63, 3.8) is 0 Å². The first-order valence-corrected chi connectivity index (χ1v) is 24.4. The van der Waals surface area contributed by atoms with Crippen molar-refractivity contribution in [2.24, 2.45) is 0 Å². The van der Waals surface area contributed by atoms with E-state index in [1.807, 2.05) is 11.3 Å². The second kappa shape index (κ2) is 16.0. The van der Waals surface area contributed by atoms with Crippen LogP contribution in [0, 0.1) is 0 Å². The van der Waals surface area contributed by atoms with Crippen LogP contribution in [-0.2, 0) is 0 Å². The number of fused-ring (bicyclic) bond motifs is 11. The molecule has 0 aliphatic carbocycles. The van der Waals surface area contributed by atoms with E-state index in [0.29, 0.717) is 0 Å². The molecule has 0 radical (unpaired) electrons. The Labute approximate surface area is 403 Å². The summed E-state index contributed by atoms with van der Waals surface area (Å²) in [5, 5.41) is 12.5. The van der Waals surface area contributed by atoms with Crippen LogP contribution < -0.4 is 4.90 Å². The Morgan fingerprint density at radius 3 is 1.41 bits per heavy atom. The molecular formula is C66H41NOS. The summed E-state index contributed by atoms with van der Waals surface area (Å²) in [5.41, 5.74) is 14.5. The van der Waals surface area contributed by atoms with E-state index in [2.05, 4.69) is 254 Å². The molecule has 0 fully saturated rings. The average molecular weight is 896 g/mol. The smallest absolute Gasteiger partial charge is 0.143 e. The molecule has 12 aromatic carbocycles. The fraction of sp³-hybridized carbons (Fsp3) is 0. The Bertz CT molecular complexity index is 4270. The Morgan fingerprint density at radius 2 is 0.710 bits per heavy atom. The summed E-state index contributed by atoms with van der Waals surface area (Å²) in [5.74, 6) is 0. The van der Waals surface area contributed by atoms with Crippen molar-refractivity contribution in [1.29, 1.82) is 0 Å². The van der Waals surface area contributed by atoms with Gasteiger partial charge in [0.15, 0.2) is 0 Å². The van der Waals surface area contributed by atoms with Crippen molar-refractivity contribution in [1.82, 2.24) is 0 Å². The van der Waals surface area contributed by atoms with Gasteiger partial charge in [-0.3, -0.25) is 0 Å². The van der Waals surface area contributed by atoms with Gasteiger partial charge in [0, 0.05) is 53.6 Å². The molecule has 2 nitrogen and oxygen atoms in total. The maximum Gasteiger partial charge on any atom is 0.143 e. The normalized spacial score (nSPS) is 11.8. The SMILES string of the molecule is c1ccc2c(-c3ccc(N(c4ccc(-c5ccc(-c6cccc7c6oc6ccc8ccccc8c67)cc5)cc4)c4ccc(-c5cccc6c5sc5c7ccccc7ccc65)cc4)cc3)cccc2c1. The molecule has 14 rings (SSSR count). The van der Waals surface area contributed by atoms with Gasteiger partial charge in [-0.1, -0.05) is 206 Å². The highest BCUT2D eigenvalue weighted by atomic mass is 32.1. The van der Waals surface area contributed by atoms with E-state index in [0.717, 1.165) is 55.9 Å². The van der Waals surface area contributed by atoms with E-state index in [9.17, 15) is 0 Å². The summed E-state index contributed by atoms with van der Waals surface area (Å²) < 4.78 is 9.25. The van der Waals surface area contributed by atoms with Gasteiger partial charge in [-0.05, 0) is 114 Å². The molecule has 69 heavy (non-hydrogen) atoms. The molecule has 2 heterocycles. The summed E-state index contributed by atoms with van der Waals surface area (Å²) >= 11 is 1.90. The number of rotatable bonds is 7. The van der Waals surface area contributed by atoms with Crippen LogP contribution in [0.15, 0.2) is 253 Å². The van der Waals surface area contributed by atoms with E-state index >= 15 is 0 Å². The van der Waals surface area contributed by atoms with Crippen LogP contribution >= 0.6 is 11.3 Å². The summed E-state index contributed by atoms with van der Waals surface area (Å²) in [4.78, 5) is 2.37. The first-order chi connectivity index (χ1) is 34.2. The van der Waals surface area contributed by atoms with Crippen LogP contribution in [0.25, 0.3) is 119 Å². The van der Waals surface area contributed by atoms with Crippen LogP contribution in [0.3, 0.4) is 0 Å². The Hall–Kier alpha value is -8.76. The second-order valence-electron chi connectivity index (χ2n) is 18.0. The van der Waals surface area contributed by atoms with E-state index in [-0.39, 0.29) is 0 Å². The van der Waals surface area contributed by atoms with Gasteiger partial charge in [-0.25, -0.2) is 0 Å². The van der Waals surface area contributed by atoms with Gasteiger partial charge in [0.05, 0.1) is 0 Å². The highest BCUT2D eigenvalue weighted by molar-refractivity contribution is 7.27. The molecule has 0 unspecified atom stereocenters. The maximum atomic E-state index is 6.58. The molecule has 0 atom stereocenters. The monoisotopic (exact) mass is 895 g/mol. The Morgan fingerprint density at radius 1 is 0.275 bits per heavy atom. The van der Waals surface area contributed by atoms with Crippen LogP contribution in [0.2, 0.25) is 0 Å². The fourth-order valence-corrected chi connectivity index (χ4v) is 12.1. The van der Waals surface area contributed by atoms with Crippen LogP contribution in [0.1, 0.15) is 0 Å². The van der Waals surface area contributed by atoms with Crippen molar-refractivity contribution < 1.29 is 4.42 Å². The highest BCUT2D eigenvalue weighted by Gasteiger charge is 2.18. The first-order valence-electron chi connectivity index (χ1n) is 23.6. The lowest BCUT2D eigenvalue weighted by atomic mass is 9.97. The van der Waals surface area contributed by atoms with Gasteiger partial charge in [0.1, 0.15) is 11.2 Å². The summed E-state index contributed by atoms with van der Waals surface area (Å²) in [7, 11) is 0. The molecule has 0 saturated carbocycles. The van der Waals surface area contributed by atoms with Gasteiger partial charge in [0.2, 0.25) is 0 Å². The number of furan rings is 1. The third-order valence-corrected chi connectivity index (χ3v) is 15.4. The predicted molar refractivity (Wildman–Crippen MR) is 296 cm³/mol. The number of benzene rings is 12. The topological polar surface area (TPSA) is 16.4 Å². The molecule has 0 bridgehead atoms. The number of hydrogen-bond donors (Lipinski definition) is 0. The minimum atomic E-state index is 0.914. The van der Waals surface area contributed by atoms with Gasteiger partial charge >= 0.3 is 0 Å².